The van der Waals surface area contributed by atoms with E-state index >= 15 is 0 Å². The van der Waals surface area contributed by atoms with E-state index in [9.17, 15) is 19.7 Å². The molecule has 4 rings (SSSR count). The molecule has 0 unspecified atom stereocenters. The van der Waals surface area contributed by atoms with Gasteiger partial charge < -0.3 is 9.47 Å². The summed E-state index contributed by atoms with van der Waals surface area (Å²) in [7, 11) is 1.38. The first-order chi connectivity index (χ1) is 11.0. The Morgan fingerprint density at radius 1 is 1.17 bits per heavy atom. The van der Waals surface area contributed by atoms with Gasteiger partial charge in [-0.3, -0.25) is 19.7 Å². The Bertz CT molecular complexity index is 743. The maximum absolute atomic E-state index is 12.7. The van der Waals surface area contributed by atoms with E-state index in [1.807, 2.05) is 0 Å². The lowest BCUT2D eigenvalue weighted by Crippen LogP contribution is -2.34. The average molecular weight is 316 g/mol. The third-order valence-electron chi connectivity index (χ3n) is 4.53. The summed E-state index contributed by atoms with van der Waals surface area (Å²) in [6.07, 6.45) is 2.68. The van der Waals surface area contributed by atoms with Gasteiger partial charge in [0.2, 0.25) is 11.8 Å². The third-order valence-corrected chi connectivity index (χ3v) is 4.53. The lowest BCUT2D eigenvalue weighted by molar-refractivity contribution is -0.384. The van der Waals surface area contributed by atoms with E-state index in [1.165, 1.54) is 25.3 Å². The lowest BCUT2D eigenvalue weighted by atomic mass is 9.85. The van der Waals surface area contributed by atoms with Crippen LogP contribution in [0.5, 0.6) is 5.75 Å². The number of hydrogen-bond acceptors (Lipinski definition) is 6. The summed E-state index contributed by atoms with van der Waals surface area (Å²) >= 11 is 0. The van der Waals surface area contributed by atoms with Crippen molar-refractivity contribution in [3.05, 3.63) is 40.5 Å². The molecule has 8 nitrogen and oxygen atoms in total. The number of nitro benzene ring substituents is 1. The number of nitro groups is 1. The second-order valence-electron chi connectivity index (χ2n) is 5.63. The topological polar surface area (TPSA) is 99.0 Å². The standard InChI is InChI=1S/C15H12N2O6/c1-22-7-2-3-8(9(6-7)17(20)21)16-14(18)12-10-4-5-11(23-10)13(12)15(16)19/h2-6,10-13H,1H3/t10-,11+,12-,13+. The number of anilines is 1. The Hall–Kier alpha value is -2.74. The van der Waals surface area contributed by atoms with Crippen LogP contribution in [-0.4, -0.2) is 36.1 Å². The predicted octanol–water partition coefficient (Wildman–Crippen LogP) is 1.05. The van der Waals surface area contributed by atoms with Gasteiger partial charge in [0, 0.05) is 0 Å². The molecular formula is C15H12N2O6. The van der Waals surface area contributed by atoms with Gasteiger partial charge in [0.05, 0.1) is 42.1 Å². The number of carbonyl (C=O) groups excluding carboxylic acids is 2. The second-order valence-corrected chi connectivity index (χ2v) is 5.63. The van der Waals surface area contributed by atoms with Crippen LogP contribution in [0.25, 0.3) is 0 Å². The first-order valence-electron chi connectivity index (χ1n) is 7.07. The molecule has 118 valence electrons. The molecular weight excluding hydrogens is 304 g/mol. The Labute approximate surface area is 130 Å². The number of imide groups is 1. The van der Waals surface area contributed by atoms with E-state index in [0.29, 0.717) is 0 Å². The van der Waals surface area contributed by atoms with E-state index < -0.39 is 40.8 Å². The molecule has 0 N–H and O–H groups in total. The largest absolute Gasteiger partial charge is 0.496 e. The fourth-order valence-electron chi connectivity index (χ4n) is 3.51. The van der Waals surface area contributed by atoms with Crippen LogP contribution in [0.2, 0.25) is 0 Å². The van der Waals surface area contributed by atoms with Crippen LogP contribution in [0.15, 0.2) is 30.4 Å². The van der Waals surface area contributed by atoms with Gasteiger partial charge in [0.25, 0.3) is 5.69 Å². The maximum Gasteiger partial charge on any atom is 0.297 e. The van der Waals surface area contributed by atoms with Crippen LogP contribution in [0.3, 0.4) is 0 Å². The highest BCUT2D eigenvalue weighted by Gasteiger charge is 2.61. The van der Waals surface area contributed by atoms with Gasteiger partial charge in [-0.05, 0) is 12.1 Å². The van der Waals surface area contributed by atoms with E-state index in [0.717, 1.165) is 4.90 Å². The van der Waals surface area contributed by atoms with Crippen molar-refractivity contribution in [2.24, 2.45) is 11.8 Å². The van der Waals surface area contributed by atoms with Crippen LogP contribution in [0, 0.1) is 22.0 Å². The number of methoxy groups -OCH3 is 1. The van der Waals surface area contributed by atoms with Crippen molar-refractivity contribution in [3.8, 4) is 5.75 Å². The summed E-state index contributed by atoms with van der Waals surface area (Å²) in [5.74, 6) is -1.82. The van der Waals surface area contributed by atoms with E-state index in [-0.39, 0.29) is 17.1 Å². The van der Waals surface area contributed by atoms with Gasteiger partial charge in [-0.25, -0.2) is 4.90 Å². The predicted molar refractivity (Wildman–Crippen MR) is 76.9 cm³/mol. The Kier molecular flexibility index (Phi) is 2.79. The first kappa shape index (κ1) is 13.9. The zero-order valence-corrected chi connectivity index (χ0v) is 12.0. The molecule has 1 aromatic rings. The Balaban J connectivity index is 1.79. The summed E-state index contributed by atoms with van der Waals surface area (Å²) in [5, 5.41) is 11.3. The van der Waals surface area contributed by atoms with E-state index in [4.69, 9.17) is 9.47 Å². The summed E-state index contributed by atoms with van der Waals surface area (Å²) in [5.41, 5.74) is -0.369. The molecule has 3 aliphatic heterocycles. The summed E-state index contributed by atoms with van der Waals surface area (Å²) in [6, 6.07) is 4.05. The minimum absolute atomic E-state index is 0.0281. The van der Waals surface area contributed by atoms with Crippen LogP contribution < -0.4 is 9.64 Å². The molecule has 0 aliphatic carbocycles. The minimum Gasteiger partial charge on any atom is -0.496 e. The van der Waals surface area contributed by atoms with Crippen LogP contribution in [0.4, 0.5) is 11.4 Å². The van der Waals surface area contributed by atoms with Gasteiger partial charge in [0.1, 0.15) is 11.4 Å². The van der Waals surface area contributed by atoms with Gasteiger partial charge in [-0.2, -0.15) is 0 Å². The molecule has 4 atom stereocenters. The average Bonchev–Trinajstić information content (AvgIpc) is 3.21. The van der Waals surface area contributed by atoms with Gasteiger partial charge in [-0.1, -0.05) is 12.2 Å². The lowest BCUT2D eigenvalue weighted by Gasteiger charge is -2.17. The molecule has 2 fully saturated rings. The van der Waals surface area contributed by atoms with E-state index in [2.05, 4.69) is 0 Å². The van der Waals surface area contributed by atoms with Gasteiger partial charge in [0.15, 0.2) is 0 Å². The van der Waals surface area contributed by atoms with Crippen molar-refractivity contribution < 1.29 is 24.0 Å². The molecule has 23 heavy (non-hydrogen) atoms. The minimum atomic E-state index is -0.629. The summed E-state index contributed by atoms with van der Waals surface area (Å²) < 4.78 is 10.5. The normalized spacial score (nSPS) is 30.9. The number of nitrogens with zero attached hydrogens (tertiary/aromatic N) is 2. The molecule has 0 radical (unpaired) electrons. The maximum atomic E-state index is 12.7. The smallest absolute Gasteiger partial charge is 0.297 e. The fourth-order valence-corrected chi connectivity index (χ4v) is 3.51. The monoisotopic (exact) mass is 316 g/mol. The highest BCUT2D eigenvalue weighted by molar-refractivity contribution is 6.24. The number of ether oxygens (including phenoxy) is 2. The Morgan fingerprint density at radius 2 is 1.78 bits per heavy atom. The van der Waals surface area contributed by atoms with Gasteiger partial charge in [-0.15, -0.1) is 0 Å². The highest BCUT2D eigenvalue weighted by atomic mass is 16.6. The highest BCUT2D eigenvalue weighted by Crippen LogP contribution is 2.47. The number of carbonyl (C=O) groups is 2. The first-order valence-corrected chi connectivity index (χ1v) is 7.07. The molecule has 1 aromatic carbocycles. The SMILES string of the molecule is COc1ccc(N2C(=O)[C@@H]3[C@H](C2=O)[C@H]2C=C[C@@H]3O2)c([N+](=O)[O-])c1. The number of rotatable bonds is 3. The number of benzene rings is 1. The number of fused-ring (bicyclic) bond motifs is 5. The molecule has 3 aliphatic rings. The molecule has 2 saturated heterocycles. The van der Waals surface area contributed by atoms with Crippen molar-refractivity contribution >= 4 is 23.2 Å². The quantitative estimate of drug-likeness (QED) is 0.358. The molecule has 2 bridgehead atoms. The van der Waals surface area contributed by atoms with Crippen molar-refractivity contribution in [3.63, 3.8) is 0 Å². The third kappa shape index (κ3) is 1.75. The summed E-state index contributed by atoms with van der Waals surface area (Å²) in [6.45, 7) is 0. The summed E-state index contributed by atoms with van der Waals surface area (Å²) in [4.78, 5) is 36.9. The molecule has 0 aromatic heterocycles. The number of amides is 2. The van der Waals surface area contributed by atoms with Crippen molar-refractivity contribution in [2.45, 2.75) is 12.2 Å². The van der Waals surface area contributed by atoms with E-state index in [1.54, 1.807) is 12.2 Å². The fraction of sp³-hybridized carbons (Fsp3) is 0.333. The van der Waals surface area contributed by atoms with Crippen LogP contribution in [0.1, 0.15) is 0 Å². The molecule has 2 amide bonds. The van der Waals surface area contributed by atoms with Crippen molar-refractivity contribution in [1.29, 1.82) is 0 Å². The second kappa shape index (κ2) is 4.63. The van der Waals surface area contributed by atoms with Gasteiger partial charge >= 0.3 is 0 Å². The molecule has 8 heteroatoms. The molecule has 0 spiro atoms. The molecule has 0 saturated carbocycles. The zero-order chi connectivity index (χ0) is 16.3. The zero-order valence-electron chi connectivity index (χ0n) is 12.0. The Morgan fingerprint density at radius 3 is 2.30 bits per heavy atom. The van der Waals surface area contributed by atoms with Crippen molar-refractivity contribution in [1.82, 2.24) is 0 Å². The number of hydrogen-bond donors (Lipinski definition) is 0. The van der Waals surface area contributed by atoms with Crippen LogP contribution in [-0.2, 0) is 14.3 Å². The van der Waals surface area contributed by atoms with Crippen molar-refractivity contribution in [2.75, 3.05) is 12.0 Å². The van der Waals surface area contributed by atoms with Crippen LogP contribution >= 0.6 is 0 Å². The molecule has 3 heterocycles.